The first-order valence-corrected chi connectivity index (χ1v) is 9.88. The van der Waals surface area contributed by atoms with Crippen LogP contribution in [0.5, 0.6) is 11.5 Å². The van der Waals surface area contributed by atoms with Gasteiger partial charge in [0.05, 0.1) is 5.69 Å². The Kier molecular flexibility index (Phi) is 4.90. The SMILES string of the molecule is CCCSC1=N/C(=C\c2ccc3c(c2)OCO3)C(=O)N1c1ccc(C)cc1. The van der Waals surface area contributed by atoms with Crippen molar-refractivity contribution >= 4 is 34.6 Å². The lowest BCUT2D eigenvalue weighted by Gasteiger charge is -2.17. The summed E-state index contributed by atoms with van der Waals surface area (Å²) < 4.78 is 10.8. The molecule has 138 valence electrons. The third-order valence-electron chi connectivity index (χ3n) is 4.26. The van der Waals surface area contributed by atoms with Crippen LogP contribution in [0.2, 0.25) is 0 Å². The number of amidine groups is 1. The predicted octanol–water partition coefficient (Wildman–Crippen LogP) is 4.61. The zero-order valence-electron chi connectivity index (χ0n) is 15.3. The molecule has 0 unspecified atom stereocenters. The van der Waals surface area contributed by atoms with E-state index in [0.29, 0.717) is 11.4 Å². The van der Waals surface area contributed by atoms with Crippen LogP contribution in [0.3, 0.4) is 0 Å². The molecule has 0 N–H and O–H groups in total. The van der Waals surface area contributed by atoms with Crippen LogP contribution < -0.4 is 14.4 Å². The number of hydrogen-bond acceptors (Lipinski definition) is 5. The van der Waals surface area contributed by atoms with Crippen molar-refractivity contribution in [2.45, 2.75) is 20.3 Å². The van der Waals surface area contributed by atoms with Gasteiger partial charge in [-0.3, -0.25) is 9.69 Å². The molecule has 0 spiro atoms. The number of aryl methyl sites for hydroxylation is 1. The largest absolute Gasteiger partial charge is 0.454 e. The number of hydrogen-bond donors (Lipinski definition) is 0. The van der Waals surface area contributed by atoms with Crippen molar-refractivity contribution in [2.24, 2.45) is 4.99 Å². The van der Waals surface area contributed by atoms with Gasteiger partial charge in [0.15, 0.2) is 16.7 Å². The molecule has 1 amide bonds. The maximum atomic E-state index is 13.1. The van der Waals surface area contributed by atoms with E-state index in [4.69, 9.17) is 9.47 Å². The molecular weight excluding hydrogens is 360 g/mol. The average Bonchev–Trinajstić information content (AvgIpc) is 3.25. The van der Waals surface area contributed by atoms with Crippen LogP contribution >= 0.6 is 11.8 Å². The minimum Gasteiger partial charge on any atom is -0.454 e. The minimum absolute atomic E-state index is 0.116. The molecule has 2 aliphatic heterocycles. The molecule has 2 aromatic rings. The molecular formula is C21H20N2O3S. The van der Waals surface area contributed by atoms with Gasteiger partial charge in [0.25, 0.3) is 5.91 Å². The number of ether oxygens (including phenoxy) is 2. The van der Waals surface area contributed by atoms with Crippen molar-refractivity contribution in [3.63, 3.8) is 0 Å². The fraction of sp³-hybridized carbons (Fsp3) is 0.238. The van der Waals surface area contributed by atoms with E-state index in [9.17, 15) is 4.79 Å². The van der Waals surface area contributed by atoms with E-state index < -0.39 is 0 Å². The van der Waals surface area contributed by atoms with Crippen LogP contribution in [0, 0.1) is 6.92 Å². The maximum absolute atomic E-state index is 13.1. The summed E-state index contributed by atoms with van der Waals surface area (Å²) in [5, 5.41) is 0.720. The van der Waals surface area contributed by atoms with Gasteiger partial charge in [-0.05, 0) is 49.2 Å². The number of fused-ring (bicyclic) bond motifs is 1. The molecule has 0 atom stereocenters. The van der Waals surface area contributed by atoms with E-state index in [0.717, 1.165) is 39.9 Å². The average molecular weight is 380 g/mol. The zero-order chi connectivity index (χ0) is 18.8. The van der Waals surface area contributed by atoms with E-state index in [1.165, 1.54) is 0 Å². The van der Waals surface area contributed by atoms with Crippen molar-refractivity contribution in [1.29, 1.82) is 0 Å². The van der Waals surface area contributed by atoms with Gasteiger partial charge in [-0.1, -0.05) is 42.4 Å². The Hall–Kier alpha value is -2.73. The maximum Gasteiger partial charge on any atom is 0.283 e. The molecule has 2 aromatic carbocycles. The van der Waals surface area contributed by atoms with E-state index >= 15 is 0 Å². The Morgan fingerprint density at radius 3 is 2.70 bits per heavy atom. The van der Waals surface area contributed by atoms with Gasteiger partial charge < -0.3 is 9.47 Å². The monoisotopic (exact) mass is 380 g/mol. The molecule has 2 heterocycles. The van der Waals surface area contributed by atoms with Gasteiger partial charge in [-0.2, -0.15) is 0 Å². The molecule has 6 heteroatoms. The molecule has 0 aromatic heterocycles. The standard InChI is InChI=1S/C21H20N2O3S/c1-3-10-27-21-22-17(11-15-6-9-18-19(12-15)26-13-25-18)20(24)23(21)16-7-4-14(2)5-8-16/h4-9,11-12H,3,10,13H2,1-2H3/b17-11-. The highest BCUT2D eigenvalue weighted by atomic mass is 32.2. The van der Waals surface area contributed by atoms with Crippen LogP contribution in [0.25, 0.3) is 6.08 Å². The van der Waals surface area contributed by atoms with Crippen LogP contribution in [0.15, 0.2) is 53.2 Å². The lowest BCUT2D eigenvalue weighted by Crippen LogP contribution is -2.30. The molecule has 2 aliphatic rings. The van der Waals surface area contributed by atoms with E-state index in [-0.39, 0.29) is 12.7 Å². The summed E-state index contributed by atoms with van der Waals surface area (Å²) in [7, 11) is 0. The lowest BCUT2D eigenvalue weighted by atomic mass is 10.1. The third kappa shape index (κ3) is 3.57. The van der Waals surface area contributed by atoms with Crippen molar-refractivity contribution in [3.8, 4) is 11.5 Å². The number of carbonyl (C=O) groups is 1. The number of aliphatic imine (C=N–C) groups is 1. The molecule has 0 saturated carbocycles. The lowest BCUT2D eigenvalue weighted by molar-refractivity contribution is -0.113. The van der Waals surface area contributed by atoms with Crippen molar-refractivity contribution in [1.82, 2.24) is 0 Å². The number of thioether (sulfide) groups is 1. The third-order valence-corrected chi connectivity index (χ3v) is 5.40. The Labute approximate surface area is 162 Å². The molecule has 0 bridgehead atoms. The summed E-state index contributed by atoms with van der Waals surface area (Å²) in [6, 6.07) is 13.5. The highest BCUT2D eigenvalue weighted by Gasteiger charge is 2.31. The molecule has 5 nitrogen and oxygen atoms in total. The van der Waals surface area contributed by atoms with Crippen molar-refractivity contribution < 1.29 is 14.3 Å². The van der Waals surface area contributed by atoms with Crippen molar-refractivity contribution in [3.05, 3.63) is 59.3 Å². The summed E-state index contributed by atoms with van der Waals surface area (Å²) in [4.78, 5) is 19.4. The van der Waals surface area contributed by atoms with Gasteiger partial charge >= 0.3 is 0 Å². The first-order chi connectivity index (χ1) is 13.2. The second-order valence-corrected chi connectivity index (χ2v) is 7.42. The van der Waals surface area contributed by atoms with Crippen LogP contribution in [0.4, 0.5) is 5.69 Å². The summed E-state index contributed by atoms with van der Waals surface area (Å²) in [5.41, 5.74) is 3.27. The van der Waals surface area contributed by atoms with E-state index in [1.54, 1.807) is 22.7 Å². The number of nitrogens with zero attached hydrogens (tertiary/aromatic N) is 2. The molecule has 27 heavy (non-hydrogen) atoms. The van der Waals surface area contributed by atoms with Gasteiger partial charge in [0, 0.05) is 5.75 Å². The summed E-state index contributed by atoms with van der Waals surface area (Å²) in [6.45, 7) is 4.37. The first kappa shape index (κ1) is 17.7. The fourth-order valence-electron chi connectivity index (χ4n) is 2.87. The Balaban J connectivity index is 1.67. The second kappa shape index (κ2) is 7.48. The Morgan fingerprint density at radius 2 is 1.93 bits per heavy atom. The van der Waals surface area contributed by atoms with E-state index in [1.807, 2.05) is 49.4 Å². The second-order valence-electron chi connectivity index (χ2n) is 6.36. The molecule has 0 fully saturated rings. The Bertz CT molecular complexity index is 935. The van der Waals surface area contributed by atoms with Crippen LogP contribution in [-0.4, -0.2) is 23.6 Å². The molecule has 0 aliphatic carbocycles. The quantitative estimate of drug-likeness (QED) is 0.727. The number of rotatable bonds is 4. The van der Waals surface area contributed by atoms with Gasteiger partial charge in [0.1, 0.15) is 5.70 Å². The molecule has 0 saturated heterocycles. The van der Waals surface area contributed by atoms with Crippen molar-refractivity contribution in [2.75, 3.05) is 17.4 Å². The Morgan fingerprint density at radius 1 is 1.15 bits per heavy atom. The summed E-state index contributed by atoms with van der Waals surface area (Å²) in [6.07, 6.45) is 2.81. The van der Waals surface area contributed by atoms with Gasteiger partial charge in [-0.25, -0.2) is 4.99 Å². The highest BCUT2D eigenvalue weighted by molar-refractivity contribution is 8.14. The minimum atomic E-state index is -0.116. The zero-order valence-corrected chi connectivity index (χ0v) is 16.1. The fourth-order valence-corrected chi connectivity index (χ4v) is 3.74. The van der Waals surface area contributed by atoms with Gasteiger partial charge in [0.2, 0.25) is 6.79 Å². The van der Waals surface area contributed by atoms with Crippen LogP contribution in [-0.2, 0) is 4.79 Å². The molecule has 0 radical (unpaired) electrons. The smallest absolute Gasteiger partial charge is 0.283 e. The number of carbonyl (C=O) groups excluding carboxylic acids is 1. The number of amides is 1. The number of anilines is 1. The summed E-state index contributed by atoms with van der Waals surface area (Å²) >= 11 is 1.60. The first-order valence-electron chi connectivity index (χ1n) is 8.89. The molecule has 4 rings (SSSR count). The number of benzene rings is 2. The predicted molar refractivity (Wildman–Crippen MR) is 109 cm³/mol. The summed E-state index contributed by atoms with van der Waals surface area (Å²) in [5.74, 6) is 2.20. The van der Waals surface area contributed by atoms with Crippen LogP contribution in [0.1, 0.15) is 24.5 Å². The normalized spacial score (nSPS) is 17.0. The highest BCUT2D eigenvalue weighted by Crippen LogP contribution is 2.34. The van der Waals surface area contributed by atoms with E-state index in [2.05, 4.69) is 11.9 Å². The topological polar surface area (TPSA) is 51.1 Å². The van der Waals surface area contributed by atoms with Gasteiger partial charge in [-0.15, -0.1) is 0 Å².